The van der Waals surface area contributed by atoms with Gasteiger partial charge < -0.3 is 5.32 Å². The number of anilines is 1. The van der Waals surface area contributed by atoms with Crippen molar-refractivity contribution in [1.29, 1.82) is 0 Å². The van der Waals surface area contributed by atoms with Crippen LogP contribution >= 0.6 is 11.6 Å². The van der Waals surface area contributed by atoms with Crippen LogP contribution in [0.15, 0.2) is 78.9 Å². The van der Waals surface area contributed by atoms with Gasteiger partial charge in [-0.25, -0.2) is 0 Å². The molecule has 1 aliphatic carbocycles. The molecular formula is C30H28ClN. The molecule has 0 spiro atoms. The van der Waals surface area contributed by atoms with E-state index in [1.807, 2.05) is 0 Å². The number of alkyl halides is 1. The van der Waals surface area contributed by atoms with Crippen molar-refractivity contribution in [2.75, 3.05) is 5.32 Å². The number of rotatable bonds is 2. The molecule has 4 aromatic rings. The van der Waals surface area contributed by atoms with E-state index in [9.17, 15) is 0 Å². The third kappa shape index (κ3) is 2.70. The van der Waals surface area contributed by atoms with Gasteiger partial charge in [0.1, 0.15) is 5.50 Å². The molecule has 2 heteroatoms. The molecule has 0 saturated heterocycles. The molecule has 6 rings (SSSR count). The molecule has 1 heterocycles. The van der Waals surface area contributed by atoms with Crippen molar-refractivity contribution in [3.8, 4) is 11.1 Å². The fourth-order valence-electron chi connectivity index (χ4n) is 6.14. The largest absolute Gasteiger partial charge is 0.369 e. The third-order valence-electron chi connectivity index (χ3n) is 7.81. The smallest absolute Gasteiger partial charge is 0.105 e. The molecule has 0 amide bonds. The first kappa shape index (κ1) is 19.9. The highest BCUT2D eigenvalue weighted by atomic mass is 35.5. The molecule has 1 N–H and O–H groups in total. The fourth-order valence-corrected chi connectivity index (χ4v) is 6.58. The summed E-state index contributed by atoms with van der Waals surface area (Å²) in [5, 5.41) is 6.19. The lowest BCUT2D eigenvalue weighted by Crippen LogP contribution is -2.34. The minimum absolute atomic E-state index is 0.0286. The Labute approximate surface area is 195 Å². The minimum Gasteiger partial charge on any atom is -0.369 e. The average Bonchev–Trinajstić information content (AvgIpc) is 3.04. The van der Waals surface area contributed by atoms with E-state index in [-0.39, 0.29) is 10.9 Å². The zero-order valence-corrected chi connectivity index (χ0v) is 19.6. The van der Waals surface area contributed by atoms with Gasteiger partial charge in [0.15, 0.2) is 0 Å². The lowest BCUT2D eigenvalue weighted by atomic mass is 9.74. The summed E-state index contributed by atoms with van der Waals surface area (Å²) < 4.78 is 0. The lowest BCUT2D eigenvalue weighted by Gasteiger charge is -2.38. The van der Waals surface area contributed by atoms with E-state index < -0.39 is 0 Å². The number of hydrogen-bond acceptors (Lipinski definition) is 1. The highest BCUT2D eigenvalue weighted by molar-refractivity contribution is 6.22. The number of benzene rings is 4. The van der Waals surface area contributed by atoms with Crippen LogP contribution in [-0.2, 0) is 5.41 Å². The Balaban J connectivity index is 1.57. The molecule has 3 atom stereocenters. The summed E-state index contributed by atoms with van der Waals surface area (Å²) in [4.78, 5) is 0. The molecule has 0 bridgehead atoms. The van der Waals surface area contributed by atoms with Crippen molar-refractivity contribution in [2.45, 2.75) is 44.0 Å². The van der Waals surface area contributed by atoms with Crippen molar-refractivity contribution in [2.24, 2.45) is 5.92 Å². The summed E-state index contributed by atoms with van der Waals surface area (Å²) in [5.41, 5.74) is 9.44. The highest BCUT2D eigenvalue weighted by Crippen LogP contribution is 2.53. The average molecular weight is 438 g/mol. The Bertz CT molecular complexity index is 1350. The summed E-state index contributed by atoms with van der Waals surface area (Å²) in [7, 11) is 0. The Morgan fingerprint density at radius 3 is 2.50 bits per heavy atom. The van der Waals surface area contributed by atoms with E-state index >= 15 is 0 Å². The summed E-state index contributed by atoms with van der Waals surface area (Å²) >= 11 is 6.86. The van der Waals surface area contributed by atoms with Gasteiger partial charge in [-0.05, 0) is 56.6 Å². The van der Waals surface area contributed by atoms with Crippen molar-refractivity contribution in [3.63, 3.8) is 0 Å². The van der Waals surface area contributed by atoms with Gasteiger partial charge >= 0.3 is 0 Å². The van der Waals surface area contributed by atoms with E-state index in [0.717, 1.165) is 12.1 Å². The maximum absolute atomic E-state index is 6.86. The van der Waals surface area contributed by atoms with Crippen molar-refractivity contribution in [3.05, 3.63) is 101 Å². The second kappa shape index (κ2) is 7.12. The number of nitrogens with one attached hydrogen (secondary N) is 1. The SMILES string of the molecule is CCC1C(Cl)Nc2ccccc2C1c1ccc2c(c1)C(C)(C)c1ccc3ccccc3c1-2. The van der Waals surface area contributed by atoms with Crippen molar-refractivity contribution < 1.29 is 0 Å². The van der Waals surface area contributed by atoms with Crippen LogP contribution in [0.3, 0.4) is 0 Å². The molecular weight excluding hydrogens is 410 g/mol. The van der Waals surface area contributed by atoms with E-state index in [2.05, 4.69) is 105 Å². The topological polar surface area (TPSA) is 12.0 Å². The minimum atomic E-state index is -0.0673. The van der Waals surface area contributed by atoms with Crippen LogP contribution in [0.5, 0.6) is 0 Å². The van der Waals surface area contributed by atoms with Gasteiger partial charge in [-0.1, -0.05) is 105 Å². The van der Waals surface area contributed by atoms with E-state index in [1.54, 1.807) is 0 Å². The first-order chi connectivity index (χ1) is 15.5. The predicted molar refractivity (Wildman–Crippen MR) is 137 cm³/mol. The van der Waals surface area contributed by atoms with Crippen LogP contribution in [0, 0.1) is 5.92 Å². The Morgan fingerprint density at radius 1 is 0.875 bits per heavy atom. The van der Waals surface area contributed by atoms with Gasteiger partial charge in [-0.2, -0.15) is 0 Å². The number of para-hydroxylation sites is 1. The van der Waals surface area contributed by atoms with Gasteiger partial charge in [0, 0.05) is 22.9 Å². The Hall–Kier alpha value is -2.77. The standard InChI is InChI=1S/C30H28ClN/c1-4-20-27(23-11-7-8-12-26(23)32-29(20)31)19-13-15-22-25(17-19)30(2,3)24-16-14-18-9-5-6-10-21(18)28(22)24/h5-17,20,27,29,32H,4H2,1-3H3. The highest BCUT2D eigenvalue weighted by Gasteiger charge is 2.39. The first-order valence-corrected chi connectivity index (χ1v) is 12.1. The molecule has 4 aromatic carbocycles. The number of hydrogen-bond donors (Lipinski definition) is 1. The maximum Gasteiger partial charge on any atom is 0.105 e. The summed E-state index contributed by atoms with van der Waals surface area (Å²) in [5.74, 6) is 0.638. The normalized spacial score (nSPS) is 22.7. The Kier molecular flexibility index (Phi) is 4.42. The number of halogens is 1. The molecule has 160 valence electrons. The second-order valence-corrected chi connectivity index (χ2v) is 10.3. The second-order valence-electron chi connectivity index (χ2n) is 9.82. The maximum atomic E-state index is 6.86. The van der Waals surface area contributed by atoms with Crippen LogP contribution in [0.25, 0.3) is 21.9 Å². The fraction of sp³-hybridized carbons (Fsp3) is 0.267. The molecule has 1 nitrogen and oxygen atoms in total. The zero-order chi connectivity index (χ0) is 22.0. The lowest BCUT2D eigenvalue weighted by molar-refractivity contribution is 0.436. The molecule has 0 fully saturated rings. The van der Waals surface area contributed by atoms with Crippen LogP contribution in [0.2, 0.25) is 0 Å². The van der Waals surface area contributed by atoms with Crippen molar-refractivity contribution >= 4 is 28.1 Å². The van der Waals surface area contributed by atoms with Crippen LogP contribution in [0.1, 0.15) is 55.4 Å². The number of fused-ring (bicyclic) bond motifs is 6. The van der Waals surface area contributed by atoms with E-state index in [1.165, 1.54) is 44.2 Å². The summed E-state index contributed by atoms with van der Waals surface area (Å²) in [6.45, 7) is 6.99. The molecule has 0 aromatic heterocycles. The summed E-state index contributed by atoms with van der Waals surface area (Å²) in [6, 6.07) is 29.2. The zero-order valence-electron chi connectivity index (χ0n) is 18.8. The molecule has 3 unspecified atom stereocenters. The molecule has 32 heavy (non-hydrogen) atoms. The van der Waals surface area contributed by atoms with Crippen LogP contribution in [-0.4, -0.2) is 5.50 Å². The quantitative estimate of drug-likeness (QED) is 0.245. The van der Waals surface area contributed by atoms with E-state index in [0.29, 0.717) is 11.8 Å². The molecule has 2 aliphatic rings. The van der Waals surface area contributed by atoms with Crippen molar-refractivity contribution in [1.82, 2.24) is 0 Å². The molecule has 0 saturated carbocycles. The van der Waals surface area contributed by atoms with Crippen LogP contribution in [0.4, 0.5) is 5.69 Å². The van der Waals surface area contributed by atoms with Gasteiger partial charge in [0.25, 0.3) is 0 Å². The van der Waals surface area contributed by atoms with Crippen LogP contribution < -0.4 is 5.32 Å². The molecule has 0 radical (unpaired) electrons. The van der Waals surface area contributed by atoms with Gasteiger partial charge in [-0.3, -0.25) is 0 Å². The van der Waals surface area contributed by atoms with Gasteiger partial charge in [-0.15, -0.1) is 0 Å². The monoisotopic (exact) mass is 437 g/mol. The summed E-state index contributed by atoms with van der Waals surface area (Å²) in [6.07, 6.45) is 1.03. The van der Waals surface area contributed by atoms with E-state index in [4.69, 9.17) is 11.6 Å². The Morgan fingerprint density at radius 2 is 1.66 bits per heavy atom. The predicted octanol–water partition coefficient (Wildman–Crippen LogP) is 8.29. The third-order valence-corrected chi connectivity index (χ3v) is 8.25. The van der Waals surface area contributed by atoms with Gasteiger partial charge in [0.05, 0.1) is 0 Å². The molecule has 1 aliphatic heterocycles. The van der Waals surface area contributed by atoms with Gasteiger partial charge in [0.2, 0.25) is 0 Å². The first-order valence-electron chi connectivity index (χ1n) is 11.7.